The van der Waals surface area contributed by atoms with Gasteiger partial charge in [-0.1, -0.05) is 12.1 Å². The van der Waals surface area contributed by atoms with Gasteiger partial charge in [0.15, 0.2) is 0 Å². The number of anilines is 1. The van der Waals surface area contributed by atoms with E-state index in [0.717, 1.165) is 5.56 Å². The fourth-order valence-corrected chi connectivity index (χ4v) is 2.36. The summed E-state index contributed by atoms with van der Waals surface area (Å²) in [5, 5.41) is 14.5. The molecule has 1 aromatic carbocycles. The Bertz CT molecular complexity index is 1010. The summed E-state index contributed by atoms with van der Waals surface area (Å²) in [5.74, 6) is -0.791. The molecule has 0 saturated heterocycles. The SMILES string of the molecule is N#Cc1ccccc1NC(=O)c1cncc(C(=O)NCc2ccncc2)c1. The largest absolute Gasteiger partial charge is 0.348 e. The Morgan fingerprint density at radius 1 is 0.963 bits per heavy atom. The summed E-state index contributed by atoms with van der Waals surface area (Å²) in [4.78, 5) is 32.6. The summed E-state index contributed by atoms with van der Waals surface area (Å²) in [5.41, 5.74) is 2.15. The number of pyridine rings is 2. The molecule has 2 amide bonds. The summed E-state index contributed by atoms with van der Waals surface area (Å²) in [6, 6.07) is 13.7. The van der Waals surface area contributed by atoms with E-state index in [1.807, 2.05) is 6.07 Å². The maximum atomic E-state index is 12.4. The van der Waals surface area contributed by atoms with Crippen molar-refractivity contribution in [2.45, 2.75) is 6.54 Å². The quantitative estimate of drug-likeness (QED) is 0.729. The third kappa shape index (κ3) is 4.52. The van der Waals surface area contributed by atoms with E-state index in [9.17, 15) is 9.59 Å². The smallest absolute Gasteiger partial charge is 0.257 e. The lowest BCUT2D eigenvalue weighted by atomic mass is 10.1. The number of aromatic nitrogens is 2. The van der Waals surface area contributed by atoms with Crippen LogP contribution in [0.1, 0.15) is 31.8 Å². The number of para-hydroxylation sites is 1. The molecular formula is C20H15N5O2. The van der Waals surface area contributed by atoms with Gasteiger partial charge >= 0.3 is 0 Å². The molecule has 0 saturated carbocycles. The Labute approximate surface area is 155 Å². The van der Waals surface area contributed by atoms with Crippen LogP contribution < -0.4 is 10.6 Å². The van der Waals surface area contributed by atoms with E-state index in [4.69, 9.17) is 5.26 Å². The molecule has 132 valence electrons. The number of hydrogen-bond donors (Lipinski definition) is 2. The fraction of sp³-hybridized carbons (Fsp3) is 0.0500. The zero-order valence-electron chi connectivity index (χ0n) is 14.2. The Hall–Kier alpha value is -4.05. The third-order valence-corrected chi connectivity index (χ3v) is 3.76. The molecule has 2 aromatic heterocycles. The van der Waals surface area contributed by atoms with E-state index >= 15 is 0 Å². The van der Waals surface area contributed by atoms with Gasteiger partial charge in [0, 0.05) is 31.3 Å². The highest BCUT2D eigenvalue weighted by Gasteiger charge is 2.13. The van der Waals surface area contributed by atoms with E-state index in [-0.39, 0.29) is 17.0 Å². The van der Waals surface area contributed by atoms with E-state index in [0.29, 0.717) is 17.8 Å². The highest BCUT2D eigenvalue weighted by atomic mass is 16.2. The number of nitrogens with one attached hydrogen (secondary N) is 2. The first-order valence-electron chi connectivity index (χ1n) is 8.10. The van der Waals surface area contributed by atoms with Gasteiger partial charge in [-0.3, -0.25) is 19.6 Å². The molecule has 0 fully saturated rings. The fourth-order valence-electron chi connectivity index (χ4n) is 2.36. The van der Waals surface area contributed by atoms with Gasteiger partial charge in [-0.25, -0.2) is 0 Å². The molecule has 7 nitrogen and oxygen atoms in total. The van der Waals surface area contributed by atoms with Crippen molar-refractivity contribution in [2.24, 2.45) is 0 Å². The first kappa shape index (κ1) is 17.8. The molecule has 3 rings (SSSR count). The summed E-state index contributed by atoms with van der Waals surface area (Å²) in [6.07, 6.45) is 6.05. The minimum Gasteiger partial charge on any atom is -0.348 e. The van der Waals surface area contributed by atoms with Gasteiger partial charge in [0.05, 0.1) is 22.4 Å². The van der Waals surface area contributed by atoms with E-state index in [1.54, 1.807) is 48.8 Å². The lowest BCUT2D eigenvalue weighted by molar-refractivity contribution is 0.0950. The third-order valence-electron chi connectivity index (χ3n) is 3.76. The predicted molar refractivity (Wildman–Crippen MR) is 98.8 cm³/mol. The lowest BCUT2D eigenvalue weighted by Gasteiger charge is -2.08. The molecule has 0 aliphatic heterocycles. The second-order valence-corrected chi connectivity index (χ2v) is 5.61. The number of hydrogen-bond acceptors (Lipinski definition) is 5. The van der Waals surface area contributed by atoms with E-state index in [2.05, 4.69) is 20.6 Å². The highest BCUT2D eigenvalue weighted by Crippen LogP contribution is 2.15. The minimum atomic E-state index is -0.450. The number of nitriles is 1. The van der Waals surface area contributed by atoms with Crippen LogP contribution >= 0.6 is 0 Å². The number of carbonyl (C=O) groups is 2. The van der Waals surface area contributed by atoms with Crippen molar-refractivity contribution in [1.29, 1.82) is 5.26 Å². The van der Waals surface area contributed by atoms with Gasteiger partial charge in [0.25, 0.3) is 11.8 Å². The average molecular weight is 357 g/mol. The topological polar surface area (TPSA) is 108 Å². The molecular weight excluding hydrogens is 342 g/mol. The van der Waals surface area contributed by atoms with Crippen molar-refractivity contribution < 1.29 is 9.59 Å². The van der Waals surface area contributed by atoms with E-state index in [1.165, 1.54) is 18.5 Å². The molecule has 0 radical (unpaired) electrons. The normalized spacial score (nSPS) is 9.89. The van der Waals surface area contributed by atoms with Crippen LogP contribution in [-0.2, 0) is 6.54 Å². The molecule has 0 aliphatic carbocycles. The molecule has 0 unspecified atom stereocenters. The van der Waals surface area contributed by atoms with Crippen molar-refractivity contribution >= 4 is 17.5 Å². The number of carbonyl (C=O) groups excluding carboxylic acids is 2. The summed E-state index contributed by atoms with van der Waals surface area (Å²) < 4.78 is 0. The molecule has 2 N–H and O–H groups in total. The van der Waals surface area contributed by atoms with Crippen molar-refractivity contribution in [3.05, 3.63) is 89.5 Å². The predicted octanol–water partition coefficient (Wildman–Crippen LogP) is 2.53. The molecule has 27 heavy (non-hydrogen) atoms. The Kier molecular flexibility index (Phi) is 5.50. The Morgan fingerprint density at radius 2 is 1.67 bits per heavy atom. The van der Waals surface area contributed by atoms with Crippen molar-refractivity contribution in [2.75, 3.05) is 5.32 Å². The zero-order chi connectivity index (χ0) is 19.1. The first-order chi connectivity index (χ1) is 13.2. The van der Waals surface area contributed by atoms with Crippen LogP contribution in [0.3, 0.4) is 0 Å². The summed E-state index contributed by atoms with van der Waals surface area (Å²) in [7, 11) is 0. The van der Waals surface area contributed by atoms with E-state index < -0.39 is 5.91 Å². The number of nitrogens with zero attached hydrogens (tertiary/aromatic N) is 3. The van der Waals surface area contributed by atoms with Gasteiger partial charge in [-0.05, 0) is 35.9 Å². The maximum absolute atomic E-state index is 12.4. The number of amides is 2. The van der Waals surface area contributed by atoms with Crippen LogP contribution in [0.2, 0.25) is 0 Å². The zero-order valence-corrected chi connectivity index (χ0v) is 14.2. The number of rotatable bonds is 5. The Morgan fingerprint density at radius 3 is 2.41 bits per heavy atom. The minimum absolute atomic E-state index is 0.222. The highest BCUT2D eigenvalue weighted by molar-refractivity contribution is 6.06. The first-order valence-corrected chi connectivity index (χ1v) is 8.10. The molecule has 3 aromatic rings. The second-order valence-electron chi connectivity index (χ2n) is 5.61. The number of benzene rings is 1. The summed E-state index contributed by atoms with van der Waals surface area (Å²) in [6.45, 7) is 0.341. The van der Waals surface area contributed by atoms with Crippen LogP contribution in [0.25, 0.3) is 0 Å². The average Bonchev–Trinajstić information content (AvgIpc) is 2.73. The molecule has 7 heteroatoms. The van der Waals surface area contributed by atoms with Crippen LogP contribution in [0, 0.1) is 11.3 Å². The maximum Gasteiger partial charge on any atom is 0.257 e. The molecule has 0 bridgehead atoms. The van der Waals surface area contributed by atoms with Crippen molar-refractivity contribution in [3.63, 3.8) is 0 Å². The summed E-state index contributed by atoms with van der Waals surface area (Å²) >= 11 is 0. The van der Waals surface area contributed by atoms with Crippen molar-refractivity contribution in [1.82, 2.24) is 15.3 Å². The van der Waals surface area contributed by atoms with Crippen LogP contribution in [0.4, 0.5) is 5.69 Å². The van der Waals surface area contributed by atoms with Gasteiger partial charge in [-0.15, -0.1) is 0 Å². The lowest BCUT2D eigenvalue weighted by Crippen LogP contribution is -2.23. The second kappa shape index (κ2) is 8.36. The van der Waals surface area contributed by atoms with Gasteiger partial charge in [0.1, 0.15) is 6.07 Å². The van der Waals surface area contributed by atoms with Gasteiger partial charge in [-0.2, -0.15) is 5.26 Å². The van der Waals surface area contributed by atoms with Gasteiger partial charge < -0.3 is 10.6 Å². The monoisotopic (exact) mass is 357 g/mol. The molecule has 2 heterocycles. The standard InChI is InChI=1S/C20H15N5O2/c21-10-15-3-1-2-4-18(15)25-20(27)17-9-16(12-23-13-17)19(26)24-11-14-5-7-22-8-6-14/h1-9,12-13H,11H2,(H,24,26)(H,25,27). The Balaban J connectivity index is 1.70. The van der Waals surface area contributed by atoms with Crippen LogP contribution in [-0.4, -0.2) is 21.8 Å². The molecule has 0 atom stereocenters. The van der Waals surface area contributed by atoms with Crippen LogP contribution in [0.15, 0.2) is 67.3 Å². The van der Waals surface area contributed by atoms with Gasteiger partial charge in [0.2, 0.25) is 0 Å². The van der Waals surface area contributed by atoms with Crippen LogP contribution in [0.5, 0.6) is 0 Å². The molecule has 0 aliphatic rings. The molecule has 0 spiro atoms. The van der Waals surface area contributed by atoms with Crippen molar-refractivity contribution in [3.8, 4) is 6.07 Å².